The summed E-state index contributed by atoms with van der Waals surface area (Å²) in [6, 6.07) is 19.0. The lowest BCUT2D eigenvalue weighted by molar-refractivity contribution is -0.138. The molecule has 0 bridgehead atoms. The summed E-state index contributed by atoms with van der Waals surface area (Å²) in [7, 11) is 2.75. The molecule has 2 saturated heterocycles. The molecular weight excluding hydrogens is 761 g/mol. The van der Waals surface area contributed by atoms with Gasteiger partial charge in [-0.3, -0.25) is 14.5 Å². The van der Waals surface area contributed by atoms with Gasteiger partial charge in [-0.25, -0.2) is 19.6 Å². The van der Waals surface area contributed by atoms with Gasteiger partial charge in [-0.05, 0) is 76.1 Å². The van der Waals surface area contributed by atoms with E-state index in [-0.39, 0.29) is 47.6 Å². The lowest BCUT2D eigenvalue weighted by atomic mass is 9.98. The van der Waals surface area contributed by atoms with Gasteiger partial charge in [-0.15, -0.1) is 0 Å². The topological polar surface area (TPSA) is 177 Å². The number of H-pyrrole nitrogens is 2. The number of imidazole rings is 2. The van der Waals surface area contributed by atoms with Crippen molar-refractivity contribution in [2.45, 2.75) is 78.6 Å². The first-order valence-corrected chi connectivity index (χ1v) is 20.8. The molecule has 4 heterocycles. The Hall–Kier alpha value is -6.18. The van der Waals surface area contributed by atoms with Crippen LogP contribution in [0.3, 0.4) is 0 Å². The van der Waals surface area contributed by atoms with E-state index in [4.69, 9.17) is 14.7 Å². The fraction of sp³-hybridized carbons (Fsp3) is 0.435. The molecular formula is C46H56N8O6. The molecule has 0 spiro atoms. The van der Waals surface area contributed by atoms with Gasteiger partial charge in [-0.1, -0.05) is 90.1 Å². The molecule has 6 atom stereocenters. The summed E-state index contributed by atoms with van der Waals surface area (Å²) in [6.07, 6.45) is 3.37. The van der Waals surface area contributed by atoms with Crippen LogP contribution >= 0.6 is 0 Å². The predicted molar refractivity (Wildman–Crippen MR) is 230 cm³/mol. The summed E-state index contributed by atoms with van der Waals surface area (Å²) in [5.74, 6) is 1.31. The molecule has 4 N–H and O–H groups in total. The summed E-state index contributed by atoms with van der Waals surface area (Å²) in [5.41, 5.74) is 5.81. The summed E-state index contributed by atoms with van der Waals surface area (Å²) in [6.45, 7) is 12.9. The Morgan fingerprint density at radius 2 is 1.22 bits per heavy atom. The molecule has 316 valence electrons. The molecule has 14 nitrogen and oxygen atoms in total. The minimum Gasteiger partial charge on any atom is -0.465 e. The molecule has 0 radical (unpaired) electrons. The second-order valence-electron chi connectivity index (χ2n) is 17.4. The van der Waals surface area contributed by atoms with Crippen LogP contribution in [0.4, 0.5) is 9.59 Å². The van der Waals surface area contributed by atoms with Crippen LogP contribution in [0.25, 0.3) is 44.4 Å². The number of amides is 4. The van der Waals surface area contributed by atoms with Crippen LogP contribution in [0.2, 0.25) is 0 Å². The lowest BCUT2D eigenvalue weighted by Gasteiger charge is -2.33. The van der Waals surface area contributed by atoms with Gasteiger partial charge in [0.15, 0.2) is 0 Å². The molecule has 14 heteroatoms. The summed E-state index contributed by atoms with van der Waals surface area (Å²) < 4.78 is 4.79. The second-order valence-corrected chi connectivity index (χ2v) is 17.4. The lowest BCUT2D eigenvalue weighted by Crippen LogP contribution is -2.51. The van der Waals surface area contributed by atoms with Crippen LogP contribution < -0.4 is 5.32 Å². The number of likely N-dealkylation sites (N-methyl/N-ethyl adjacent to an activating group) is 1. The van der Waals surface area contributed by atoms with E-state index in [1.807, 2.05) is 38.8 Å². The molecule has 2 fully saturated rings. The molecule has 0 saturated carbocycles. The number of nitrogens with zero attached hydrogens (tertiary/aromatic N) is 5. The molecule has 2 aliphatic heterocycles. The Morgan fingerprint density at radius 1 is 0.733 bits per heavy atom. The maximum absolute atomic E-state index is 13.8. The number of alkyl carbamates (subject to hydrolysis) is 1. The molecule has 4 amide bonds. The van der Waals surface area contributed by atoms with Crippen LogP contribution in [-0.4, -0.2) is 103 Å². The Morgan fingerprint density at radius 3 is 1.73 bits per heavy atom. The maximum atomic E-state index is 13.8. The van der Waals surface area contributed by atoms with Gasteiger partial charge < -0.3 is 34.9 Å². The smallest absolute Gasteiger partial charge is 0.407 e. The van der Waals surface area contributed by atoms with E-state index in [0.717, 1.165) is 68.0 Å². The van der Waals surface area contributed by atoms with Gasteiger partial charge in [0, 0.05) is 25.7 Å². The molecule has 0 aliphatic carbocycles. The van der Waals surface area contributed by atoms with Crippen molar-refractivity contribution < 1.29 is 29.0 Å². The van der Waals surface area contributed by atoms with Crippen LogP contribution in [0.1, 0.15) is 78.1 Å². The van der Waals surface area contributed by atoms with E-state index in [1.165, 1.54) is 14.2 Å². The average molecular weight is 817 g/mol. The Bertz CT molecular complexity index is 2370. The fourth-order valence-corrected chi connectivity index (χ4v) is 8.90. The zero-order valence-electron chi connectivity index (χ0n) is 35.6. The van der Waals surface area contributed by atoms with E-state index < -0.39 is 24.3 Å². The Balaban J connectivity index is 1.05. The number of hydrogen-bond acceptors (Lipinski definition) is 7. The summed E-state index contributed by atoms with van der Waals surface area (Å²) in [4.78, 5) is 72.5. The van der Waals surface area contributed by atoms with Gasteiger partial charge in [-0.2, -0.15) is 0 Å². The third-order valence-corrected chi connectivity index (χ3v) is 12.1. The minimum atomic E-state index is -1.13. The van der Waals surface area contributed by atoms with Gasteiger partial charge in [0.1, 0.15) is 23.7 Å². The van der Waals surface area contributed by atoms with Crippen molar-refractivity contribution >= 4 is 34.8 Å². The molecule has 3 aromatic carbocycles. The van der Waals surface area contributed by atoms with Crippen molar-refractivity contribution in [3.05, 3.63) is 84.7 Å². The fourth-order valence-electron chi connectivity index (χ4n) is 8.90. The van der Waals surface area contributed by atoms with E-state index in [1.54, 1.807) is 11.1 Å². The third-order valence-electron chi connectivity index (χ3n) is 12.1. The largest absolute Gasteiger partial charge is 0.465 e. The Kier molecular flexibility index (Phi) is 12.0. The van der Waals surface area contributed by atoms with Crippen LogP contribution in [0, 0.1) is 23.7 Å². The first-order valence-electron chi connectivity index (χ1n) is 20.8. The average Bonchev–Trinajstić information content (AvgIpc) is 4.06. The molecule has 2 aliphatic rings. The maximum Gasteiger partial charge on any atom is 0.407 e. The highest BCUT2D eigenvalue weighted by Crippen LogP contribution is 2.38. The van der Waals surface area contributed by atoms with Crippen molar-refractivity contribution in [2.75, 3.05) is 27.2 Å². The van der Waals surface area contributed by atoms with Crippen molar-refractivity contribution in [3.8, 4) is 33.6 Å². The number of carboxylic acid groups (broad SMARTS) is 1. The van der Waals surface area contributed by atoms with Crippen LogP contribution in [0.5, 0.6) is 0 Å². The zero-order chi connectivity index (χ0) is 43.0. The molecule has 60 heavy (non-hydrogen) atoms. The predicted octanol–water partition coefficient (Wildman–Crippen LogP) is 8.12. The molecule has 7 rings (SSSR count). The number of carbonyl (C=O) groups excluding carboxylic acids is 3. The number of aromatic nitrogens is 4. The number of likely N-dealkylation sites (tertiary alicyclic amines) is 2. The summed E-state index contributed by atoms with van der Waals surface area (Å²) in [5, 5.41) is 14.5. The zero-order valence-corrected chi connectivity index (χ0v) is 35.6. The Labute approximate surface area is 350 Å². The highest BCUT2D eigenvalue weighted by molar-refractivity contribution is 5.91. The van der Waals surface area contributed by atoms with Crippen LogP contribution in [-0.2, 0) is 14.3 Å². The van der Waals surface area contributed by atoms with Crippen LogP contribution in [0.15, 0.2) is 73.1 Å². The number of ether oxygens (including phenoxy) is 1. The van der Waals surface area contributed by atoms with E-state index >= 15 is 0 Å². The summed E-state index contributed by atoms with van der Waals surface area (Å²) >= 11 is 0. The second kappa shape index (κ2) is 17.2. The number of hydrogen-bond donors (Lipinski definition) is 4. The SMILES string of the molecule is COC(=O)N[C@H](C(=O)N1CC(C)CC1c1ncc(-c2ccc3cc(-c4ccc(-c5cnc([C@@H]6C[C@H](C)CN6C(=O)[C@H](C(C)C)N(C)C(=O)O)[nH]5)cc4)ccc3c2)[nH]1)C(C)C. The number of rotatable bonds is 11. The third kappa shape index (κ3) is 8.45. The number of carbonyl (C=O) groups is 4. The number of methoxy groups -OCH3 is 1. The van der Waals surface area contributed by atoms with Gasteiger partial charge in [0.25, 0.3) is 0 Å². The van der Waals surface area contributed by atoms with E-state index in [2.05, 4.69) is 89.8 Å². The molecule has 2 unspecified atom stereocenters. The van der Waals surface area contributed by atoms with Gasteiger partial charge >= 0.3 is 12.2 Å². The number of aromatic amines is 2. The van der Waals surface area contributed by atoms with E-state index in [0.29, 0.717) is 18.9 Å². The molecule has 5 aromatic rings. The highest BCUT2D eigenvalue weighted by Gasteiger charge is 2.42. The van der Waals surface area contributed by atoms with Crippen molar-refractivity contribution in [2.24, 2.45) is 23.7 Å². The standard InChI is InChI=1S/C46H56N8O6/c1-25(2)39(51-45(57)60-8)43(55)53-23-27(5)17-37(53)41-48-22-36(50-41)34-16-15-32-19-31(13-14-33(32)20-34)29-9-11-30(12-10-29)35-21-47-42(49-35)38-18-28(6)24-54(38)44(56)40(26(3)4)52(7)46(58)59/h9-16,19-22,25-28,37-40H,17-18,23-24H2,1-8H3,(H,47,49)(H,48,50)(H,51,57)(H,58,59)/t27?,28-,37?,38-,39-,40-/m0/s1. The number of nitrogens with one attached hydrogen (secondary N) is 3. The number of benzene rings is 3. The van der Waals surface area contributed by atoms with Crippen molar-refractivity contribution in [1.82, 2.24) is 40.0 Å². The van der Waals surface area contributed by atoms with E-state index in [9.17, 15) is 24.3 Å². The van der Waals surface area contributed by atoms with Crippen molar-refractivity contribution in [3.63, 3.8) is 0 Å². The first-order chi connectivity index (χ1) is 28.6. The molecule has 2 aromatic heterocycles. The normalized spacial score (nSPS) is 20.2. The van der Waals surface area contributed by atoms with Gasteiger partial charge in [0.05, 0.1) is 43.0 Å². The minimum absolute atomic E-state index is 0.117. The first kappa shape index (κ1) is 42.0. The number of fused-ring (bicyclic) bond motifs is 1. The van der Waals surface area contributed by atoms with Gasteiger partial charge in [0.2, 0.25) is 11.8 Å². The van der Waals surface area contributed by atoms with Crippen molar-refractivity contribution in [1.29, 1.82) is 0 Å². The monoisotopic (exact) mass is 816 g/mol. The highest BCUT2D eigenvalue weighted by atomic mass is 16.5. The quantitative estimate of drug-likeness (QED) is 0.103.